The molecular formula is C25H18CdFN5. The van der Waals surface area contributed by atoms with Crippen LogP contribution >= 0.6 is 0 Å². The maximum absolute atomic E-state index is 14.2. The van der Waals surface area contributed by atoms with E-state index < -0.39 is 5.82 Å². The molecule has 0 atom stereocenters. The van der Waals surface area contributed by atoms with Crippen molar-refractivity contribution in [2.24, 2.45) is 0 Å². The van der Waals surface area contributed by atoms with Crippen LogP contribution in [0.4, 0.5) is 15.8 Å². The van der Waals surface area contributed by atoms with Crippen LogP contribution in [0, 0.1) is 17.1 Å². The standard InChI is InChI=1S/C25H18FN5.Cd/c1-2-31-22-8-4-3-7-21(22)28-25(31)16-30-17-29(23-9-5-6-10-24(23)30)15-18-11-12-19(14-27)20(26)13-18;/h2-13H,1,15-16H2;. The van der Waals surface area contributed by atoms with Gasteiger partial charge in [0, 0.05) is 0 Å². The van der Waals surface area contributed by atoms with Crippen molar-refractivity contribution < 1.29 is 29.7 Å². The van der Waals surface area contributed by atoms with Crippen LogP contribution in [0.2, 0.25) is 0 Å². The summed E-state index contributed by atoms with van der Waals surface area (Å²) in [5.41, 5.74) is 5.08. The number of nitrogens with zero attached hydrogens (tertiary/aromatic N) is 5. The first kappa shape index (κ1) is 20.6. The molecule has 1 aromatic heterocycles. The number of anilines is 2. The molecule has 32 heavy (non-hydrogen) atoms. The van der Waals surface area contributed by atoms with Gasteiger partial charge in [0.05, 0.1) is 0 Å². The van der Waals surface area contributed by atoms with Crippen molar-refractivity contribution in [3.05, 3.63) is 96.1 Å². The molecule has 152 valence electrons. The Balaban J connectivity index is 1.50. The molecule has 0 unspecified atom stereocenters. The second kappa shape index (κ2) is 8.32. The fourth-order valence-corrected chi connectivity index (χ4v) is 5.79. The van der Waals surface area contributed by atoms with E-state index in [0.717, 1.165) is 33.8 Å². The van der Waals surface area contributed by atoms with Crippen LogP contribution in [-0.2, 0) is 38.4 Å². The third-order valence-electron chi connectivity index (χ3n) is 5.73. The van der Waals surface area contributed by atoms with Gasteiger partial charge in [-0.05, 0) is 0 Å². The van der Waals surface area contributed by atoms with Gasteiger partial charge in [-0.3, -0.25) is 0 Å². The monoisotopic (exact) mass is 521 g/mol. The zero-order valence-electron chi connectivity index (χ0n) is 17.4. The zero-order valence-corrected chi connectivity index (χ0v) is 21.4. The van der Waals surface area contributed by atoms with E-state index in [4.69, 9.17) is 10.2 Å². The molecule has 0 saturated heterocycles. The summed E-state index contributed by atoms with van der Waals surface area (Å²) in [4.78, 5) is 9.38. The molecule has 0 N–H and O–H groups in total. The van der Waals surface area contributed by atoms with Gasteiger partial charge in [0.25, 0.3) is 0 Å². The van der Waals surface area contributed by atoms with E-state index in [1.165, 1.54) is 9.37 Å². The van der Waals surface area contributed by atoms with Gasteiger partial charge in [0.15, 0.2) is 0 Å². The molecule has 5 nitrogen and oxygen atoms in total. The van der Waals surface area contributed by atoms with E-state index in [9.17, 15) is 4.39 Å². The number of hydrogen-bond donors (Lipinski definition) is 0. The van der Waals surface area contributed by atoms with E-state index in [-0.39, 0.29) is 5.56 Å². The third kappa shape index (κ3) is 3.42. The third-order valence-corrected chi connectivity index (χ3v) is 7.91. The van der Waals surface area contributed by atoms with Crippen molar-refractivity contribution in [1.29, 1.82) is 5.26 Å². The molecule has 3 aromatic carbocycles. The average Bonchev–Trinajstić information content (AvgIpc) is 3.29. The Morgan fingerprint density at radius 2 is 1.69 bits per heavy atom. The minimum absolute atomic E-state index is 0.0673. The fourth-order valence-electron chi connectivity index (χ4n) is 4.18. The first-order valence-electron chi connectivity index (χ1n) is 10.2. The van der Waals surface area contributed by atoms with Crippen molar-refractivity contribution in [3.8, 4) is 6.07 Å². The normalized spacial score (nSPS) is 12.9. The van der Waals surface area contributed by atoms with Crippen LogP contribution in [0.1, 0.15) is 17.0 Å². The molecule has 0 fully saturated rings. The molecule has 5 rings (SSSR count). The molecule has 7 heteroatoms. The van der Waals surface area contributed by atoms with Gasteiger partial charge in [-0.2, -0.15) is 0 Å². The molecular weight excluding hydrogens is 502 g/mol. The summed E-state index contributed by atoms with van der Waals surface area (Å²) in [5, 5.41) is 9.02. The zero-order chi connectivity index (χ0) is 22.2. The van der Waals surface area contributed by atoms with Crippen LogP contribution in [0.25, 0.3) is 17.2 Å². The first-order chi connectivity index (χ1) is 15.6. The van der Waals surface area contributed by atoms with Crippen LogP contribution in [0.15, 0.2) is 73.3 Å². The van der Waals surface area contributed by atoms with Gasteiger partial charge in [0.2, 0.25) is 0 Å². The van der Waals surface area contributed by atoms with Gasteiger partial charge in [0.1, 0.15) is 0 Å². The Bertz CT molecular complexity index is 1420. The summed E-state index contributed by atoms with van der Waals surface area (Å²) in [5.74, 6) is 0.438. The second-order valence-corrected chi connectivity index (χ2v) is 9.38. The Kier molecular flexibility index (Phi) is 5.35. The predicted molar refractivity (Wildman–Crippen MR) is 121 cm³/mol. The van der Waals surface area contributed by atoms with Gasteiger partial charge in [-0.15, -0.1) is 0 Å². The summed E-state index contributed by atoms with van der Waals surface area (Å²) < 4.78 is 17.4. The molecule has 4 aromatic rings. The SMILES string of the molecule is C=Cn1c(CN2[C](=[Cd])N(Cc3ccc(C#N)c(F)c3)c3ccccc32)nc2ccccc21. The summed E-state index contributed by atoms with van der Waals surface area (Å²) >= 11 is 0.509. The second-order valence-electron chi connectivity index (χ2n) is 7.57. The Morgan fingerprint density at radius 3 is 2.38 bits per heavy atom. The number of fused-ring (bicyclic) bond motifs is 2. The quantitative estimate of drug-likeness (QED) is 0.355. The Morgan fingerprint density at radius 1 is 1.00 bits per heavy atom. The minimum atomic E-state index is -0.480. The number of imidazole rings is 1. The Hall–Kier alpha value is -3.32. The van der Waals surface area contributed by atoms with Gasteiger partial charge in [-0.1, -0.05) is 0 Å². The fraction of sp³-hybridized carbons (Fsp3) is 0.0800. The number of hydrogen-bond acceptors (Lipinski definition) is 4. The van der Waals surface area contributed by atoms with Crippen molar-refractivity contribution in [2.75, 3.05) is 9.80 Å². The summed E-state index contributed by atoms with van der Waals surface area (Å²) in [7, 11) is 0. The molecule has 0 aliphatic carbocycles. The summed E-state index contributed by atoms with van der Waals surface area (Å²) in [6.07, 6.45) is 1.80. The number of aromatic nitrogens is 2. The van der Waals surface area contributed by atoms with E-state index >= 15 is 0 Å². The van der Waals surface area contributed by atoms with Crippen molar-refractivity contribution in [1.82, 2.24) is 9.55 Å². The average molecular weight is 520 g/mol. The molecule has 1 aliphatic rings. The molecule has 2 heterocycles. The summed E-state index contributed by atoms with van der Waals surface area (Å²) in [6, 6.07) is 23.0. The molecule has 0 bridgehead atoms. The van der Waals surface area contributed by atoms with E-state index in [1.54, 1.807) is 12.3 Å². The molecule has 0 saturated carbocycles. The summed E-state index contributed by atoms with van der Waals surface area (Å²) in [6.45, 7) is 5.14. The van der Waals surface area contributed by atoms with Crippen LogP contribution in [-0.4, -0.2) is 12.9 Å². The van der Waals surface area contributed by atoms with Crippen molar-refractivity contribution >= 4 is 31.9 Å². The maximum atomic E-state index is 14.2. The number of benzene rings is 3. The predicted octanol–water partition coefficient (Wildman–Crippen LogP) is 4.81. The van der Waals surface area contributed by atoms with Crippen molar-refractivity contribution in [2.45, 2.75) is 13.1 Å². The topological polar surface area (TPSA) is 48.1 Å². The van der Waals surface area contributed by atoms with E-state index in [2.05, 4.69) is 28.5 Å². The van der Waals surface area contributed by atoms with Crippen LogP contribution in [0.5, 0.6) is 0 Å². The van der Waals surface area contributed by atoms with E-state index in [1.807, 2.05) is 53.1 Å². The molecule has 1 aliphatic heterocycles. The number of para-hydroxylation sites is 4. The van der Waals surface area contributed by atoms with Crippen LogP contribution in [0.3, 0.4) is 0 Å². The number of rotatable bonds is 5. The molecule has 0 radical (unpaired) electrons. The first-order valence-corrected chi connectivity index (χ1v) is 12.2. The van der Waals surface area contributed by atoms with Gasteiger partial charge < -0.3 is 0 Å². The molecule has 0 amide bonds. The van der Waals surface area contributed by atoms with E-state index in [0.29, 0.717) is 38.4 Å². The number of halogens is 1. The van der Waals surface area contributed by atoms with Gasteiger partial charge >= 0.3 is 201 Å². The van der Waals surface area contributed by atoms with Gasteiger partial charge in [-0.25, -0.2) is 0 Å². The number of nitriles is 1. The van der Waals surface area contributed by atoms with Crippen LogP contribution < -0.4 is 9.80 Å². The molecule has 0 spiro atoms. The van der Waals surface area contributed by atoms with Crippen molar-refractivity contribution in [3.63, 3.8) is 0 Å². The Labute approximate surface area is 200 Å².